The maximum atomic E-state index is 14.1. The molecule has 0 spiro atoms. The predicted molar refractivity (Wildman–Crippen MR) is 117 cm³/mol. The van der Waals surface area contributed by atoms with Crippen molar-refractivity contribution in [3.63, 3.8) is 0 Å². The van der Waals surface area contributed by atoms with Crippen molar-refractivity contribution in [3.8, 4) is 17.0 Å². The Kier molecular flexibility index (Phi) is 7.11. The summed E-state index contributed by atoms with van der Waals surface area (Å²) in [5.41, 5.74) is 6.08. The molecule has 1 heterocycles. The first-order valence-electron chi connectivity index (χ1n) is 9.38. The fraction of sp³-hybridized carbons (Fsp3) is 0.143. The van der Waals surface area contributed by atoms with Crippen LogP contribution in [0.5, 0.6) is 5.75 Å². The largest absolute Gasteiger partial charge is 0.495 e. The third kappa shape index (κ3) is 5.64. The summed E-state index contributed by atoms with van der Waals surface area (Å²) < 4.78 is 52.7. The zero-order chi connectivity index (χ0) is 23.1. The van der Waals surface area contributed by atoms with Crippen LogP contribution in [0, 0.1) is 5.82 Å². The number of halogens is 1. The number of primary amides is 1. The van der Waals surface area contributed by atoms with E-state index in [1.54, 1.807) is 24.3 Å². The second-order valence-electron chi connectivity index (χ2n) is 6.48. The van der Waals surface area contributed by atoms with Crippen LogP contribution in [-0.2, 0) is 14.8 Å². The predicted octanol–water partition coefficient (Wildman–Crippen LogP) is 3.20. The summed E-state index contributed by atoms with van der Waals surface area (Å²) in [6.07, 6.45) is 0.539. The highest BCUT2D eigenvalue weighted by Gasteiger charge is 2.22. The normalized spacial score (nSPS) is 10.9. The molecule has 4 N–H and O–H groups in total. The second kappa shape index (κ2) is 9.96. The monoisotopic (exact) mass is 460 g/mol. The van der Waals surface area contributed by atoms with Gasteiger partial charge in [0.15, 0.2) is 0 Å². The molecule has 3 rings (SSSR count). The maximum Gasteiger partial charge on any atom is 0.404 e. The zero-order valence-electron chi connectivity index (χ0n) is 17.0. The van der Waals surface area contributed by atoms with Crippen molar-refractivity contribution in [2.24, 2.45) is 5.73 Å². The van der Waals surface area contributed by atoms with Gasteiger partial charge in [-0.05, 0) is 48.5 Å². The molecular weight excluding hydrogens is 439 g/mol. The van der Waals surface area contributed by atoms with Crippen molar-refractivity contribution in [1.29, 1.82) is 0 Å². The van der Waals surface area contributed by atoms with Crippen molar-refractivity contribution in [2.45, 2.75) is 4.90 Å². The standard InChI is InChI=1S/C21H21FN4O5S/c1-30-18-8-7-14(20-17(22)6-3-9-25-20)12-19(18)32(28,29)26-16-5-2-4-15(13-16)24-10-11-31-21(23)27/h2-9,12-13,24,26H,10-11H2,1H3,(H2,23,27). The molecule has 1 amide bonds. The average molecular weight is 460 g/mol. The first kappa shape index (κ1) is 22.8. The third-order valence-electron chi connectivity index (χ3n) is 4.28. The molecule has 2 aromatic carbocycles. The lowest BCUT2D eigenvalue weighted by Crippen LogP contribution is -2.18. The lowest BCUT2D eigenvalue weighted by molar-refractivity contribution is 0.161. The number of nitrogens with zero attached hydrogens (tertiary/aromatic N) is 1. The van der Waals surface area contributed by atoms with Gasteiger partial charge in [-0.25, -0.2) is 17.6 Å². The SMILES string of the molecule is COc1ccc(-c2ncccc2F)cc1S(=O)(=O)Nc1cccc(NCCOC(N)=O)c1. The highest BCUT2D eigenvalue weighted by atomic mass is 32.2. The minimum atomic E-state index is -4.09. The Morgan fingerprint density at radius 2 is 1.91 bits per heavy atom. The number of anilines is 2. The fourth-order valence-corrected chi connectivity index (χ4v) is 4.13. The molecule has 11 heteroatoms. The van der Waals surface area contributed by atoms with Crippen molar-refractivity contribution in [3.05, 3.63) is 66.6 Å². The maximum absolute atomic E-state index is 14.1. The van der Waals surface area contributed by atoms with Crippen LogP contribution in [0.2, 0.25) is 0 Å². The summed E-state index contributed by atoms with van der Waals surface area (Å²) in [4.78, 5) is 14.4. The van der Waals surface area contributed by atoms with Crippen molar-refractivity contribution < 1.29 is 27.1 Å². The summed E-state index contributed by atoms with van der Waals surface area (Å²) in [5.74, 6) is -0.483. The third-order valence-corrected chi connectivity index (χ3v) is 5.68. The van der Waals surface area contributed by atoms with E-state index in [1.807, 2.05) is 0 Å². The van der Waals surface area contributed by atoms with Gasteiger partial charge in [-0.2, -0.15) is 0 Å². The van der Waals surface area contributed by atoms with Gasteiger partial charge >= 0.3 is 6.09 Å². The molecule has 0 bridgehead atoms. The Morgan fingerprint density at radius 3 is 2.62 bits per heavy atom. The highest BCUT2D eigenvalue weighted by molar-refractivity contribution is 7.92. The number of hydrogen-bond donors (Lipinski definition) is 3. The van der Waals surface area contributed by atoms with Crippen molar-refractivity contribution in [1.82, 2.24) is 4.98 Å². The Labute approximate surface area is 184 Å². The van der Waals surface area contributed by atoms with Crippen LogP contribution in [0.3, 0.4) is 0 Å². The Balaban J connectivity index is 1.85. The minimum absolute atomic E-state index is 0.0241. The van der Waals surface area contributed by atoms with Gasteiger partial charge in [0.25, 0.3) is 10.0 Å². The summed E-state index contributed by atoms with van der Waals surface area (Å²) in [6.45, 7) is 0.337. The van der Waals surface area contributed by atoms with Crippen LogP contribution in [0.1, 0.15) is 0 Å². The molecule has 0 aliphatic carbocycles. The number of ether oxygens (including phenoxy) is 2. The van der Waals surface area contributed by atoms with Gasteiger partial charge in [0.2, 0.25) is 0 Å². The lowest BCUT2D eigenvalue weighted by Gasteiger charge is -2.14. The zero-order valence-corrected chi connectivity index (χ0v) is 17.9. The van der Waals surface area contributed by atoms with E-state index < -0.39 is 21.9 Å². The first-order chi connectivity index (χ1) is 15.3. The summed E-state index contributed by atoms with van der Waals surface area (Å²) in [6, 6.07) is 13.5. The van der Waals surface area contributed by atoms with Crippen molar-refractivity contribution in [2.75, 3.05) is 30.3 Å². The number of carbonyl (C=O) groups excluding carboxylic acids is 1. The molecule has 168 valence electrons. The van der Waals surface area contributed by atoms with Crippen LogP contribution in [0.15, 0.2) is 65.7 Å². The molecular formula is C21H21FN4O5S. The molecule has 9 nitrogen and oxygen atoms in total. The molecule has 0 fully saturated rings. The number of aromatic nitrogens is 1. The number of benzene rings is 2. The van der Waals surface area contributed by atoms with E-state index in [0.717, 1.165) is 0 Å². The number of carbonyl (C=O) groups is 1. The van der Waals surface area contributed by atoms with E-state index in [-0.39, 0.29) is 40.7 Å². The molecule has 32 heavy (non-hydrogen) atoms. The Hall–Kier alpha value is -3.86. The average Bonchev–Trinajstić information content (AvgIpc) is 2.76. The molecule has 0 saturated carbocycles. The first-order valence-corrected chi connectivity index (χ1v) is 10.9. The van der Waals surface area contributed by atoms with Gasteiger partial charge in [0.05, 0.1) is 12.8 Å². The summed E-state index contributed by atoms with van der Waals surface area (Å²) >= 11 is 0. The van der Waals surface area contributed by atoms with Crippen LogP contribution < -0.4 is 20.5 Å². The molecule has 0 radical (unpaired) electrons. The molecule has 0 saturated heterocycles. The fourth-order valence-electron chi connectivity index (χ4n) is 2.88. The van der Waals surface area contributed by atoms with Crippen LogP contribution in [-0.4, -0.2) is 39.8 Å². The lowest BCUT2D eigenvalue weighted by atomic mass is 10.1. The van der Waals surface area contributed by atoms with E-state index in [0.29, 0.717) is 5.69 Å². The van der Waals surface area contributed by atoms with Crippen LogP contribution in [0.25, 0.3) is 11.3 Å². The van der Waals surface area contributed by atoms with Crippen LogP contribution >= 0.6 is 0 Å². The number of nitrogens with one attached hydrogen (secondary N) is 2. The number of nitrogens with two attached hydrogens (primary N) is 1. The Bertz CT molecular complexity index is 1220. The van der Waals surface area contributed by atoms with Gasteiger partial charge in [-0.3, -0.25) is 9.71 Å². The molecule has 0 aliphatic rings. The van der Waals surface area contributed by atoms with E-state index in [1.165, 1.54) is 43.6 Å². The molecule has 0 unspecified atom stereocenters. The van der Waals surface area contributed by atoms with Crippen molar-refractivity contribution >= 4 is 27.5 Å². The molecule has 3 aromatic rings. The van der Waals surface area contributed by atoms with E-state index >= 15 is 0 Å². The van der Waals surface area contributed by atoms with Gasteiger partial charge in [-0.15, -0.1) is 0 Å². The highest BCUT2D eigenvalue weighted by Crippen LogP contribution is 2.31. The molecule has 1 aromatic heterocycles. The van der Waals surface area contributed by atoms with Gasteiger partial charge < -0.3 is 20.5 Å². The topological polar surface area (TPSA) is 133 Å². The van der Waals surface area contributed by atoms with Gasteiger partial charge in [0, 0.05) is 24.0 Å². The quantitative estimate of drug-likeness (QED) is 0.418. The Morgan fingerprint density at radius 1 is 1.12 bits per heavy atom. The number of hydrogen-bond acceptors (Lipinski definition) is 7. The number of methoxy groups -OCH3 is 1. The number of pyridine rings is 1. The van der Waals surface area contributed by atoms with Gasteiger partial charge in [0.1, 0.15) is 28.8 Å². The van der Waals surface area contributed by atoms with E-state index in [4.69, 9.17) is 10.5 Å². The number of sulfonamides is 1. The smallest absolute Gasteiger partial charge is 0.404 e. The van der Waals surface area contributed by atoms with E-state index in [9.17, 15) is 17.6 Å². The minimum Gasteiger partial charge on any atom is -0.495 e. The second-order valence-corrected chi connectivity index (χ2v) is 8.13. The van der Waals surface area contributed by atoms with Crippen LogP contribution in [0.4, 0.5) is 20.6 Å². The summed E-state index contributed by atoms with van der Waals surface area (Å²) in [7, 11) is -2.75. The molecule has 0 atom stereocenters. The number of amides is 1. The summed E-state index contributed by atoms with van der Waals surface area (Å²) in [5, 5.41) is 2.98. The molecule has 0 aliphatic heterocycles. The number of rotatable bonds is 9. The van der Waals surface area contributed by atoms with Gasteiger partial charge in [-0.1, -0.05) is 6.07 Å². The van der Waals surface area contributed by atoms with E-state index in [2.05, 4.69) is 19.8 Å².